The summed E-state index contributed by atoms with van der Waals surface area (Å²) in [5.74, 6) is -0.389. The highest BCUT2D eigenvalue weighted by atomic mass is 16.6. The molecule has 0 saturated carbocycles. The average Bonchev–Trinajstić information content (AvgIpc) is 3.01. The van der Waals surface area contributed by atoms with Crippen molar-refractivity contribution in [2.75, 3.05) is 19.6 Å². The molecular weight excluding hydrogens is 340 g/mol. The number of carbonyl (C=O) groups excluding carboxylic acids is 4. The SMILES string of the molecule is CC(C)(C)OC(=O)N1CCC2(CC1)N=C(CN1C(=O)CCC1=O)NC2=O. The van der Waals surface area contributed by atoms with Crippen LogP contribution in [0.2, 0.25) is 0 Å². The predicted molar refractivity (Wildman–Crippen MR) is 91.3 cm³/mol. The minimum absolute atomic E-state index is 0.000929. The number of amidine groups is 1. The highest BCUT2D eigenvalue weighted by Crippen LogP contribution is 2.31. The highest BCUT2D eigenvalue weighted by Gasteiger charge is 2.47. The van der Waals surface area contributed by atoms with E-state index in [-0.39, 0.29) is 37.1 Å². The number of amides is 4. The van der Waals surface area contributed by atoms with Crippen molar-refractivity contribution >= 4 is 29.7 Å². The zero-order valence-electron chi connectivity index (χ0n) is 15.3. The number of nitrogens with one attached hydrogen (secondary N) is 1. The van der Waals surface area contributed by atoms with Gasteiger partial charge in [0.15, 0.2) is 0 Å². The minimum Gasteiger partial charge on any atom is -0.444 e. The van der Waals surface area contributed by atoms with Gasteiger partial charge in [-0.3, -0.25) is 24.3 Å². The molecule has 0 aromatic heterocycles. The summed E-state index contributed by atoms with van der Waals surface area (Å²) in [7, 11) is 0. The molecule has 0 atom stereocenters. The number of piperidine rings is 1. The van der Waals surface area contributed by atoms with E-state index in [1.807, 2.05) is 0 Å². The largest absolute Gasteiger partial charge is 0.444 e. The summed E-state index contributed by atoms with van der Waals surface area (Å²) in [5.41, 5.74) is -1.50. The smallest absolute Gasteiger partial charge is 0.410 e. The van der Waals surface area contributed by atoms with Gasteiger partial charge >= 0.3 is 6.09 Å². The van der Waals surface area contributed by atoms with Gasteiger partial charge in [-0.25, -0.2) is 4.79 Å². The molecular formula is C17H24N4O5. The van der Waals surface area contributed by atoms with E-state index in [9.17, 15) is 19.2 Å². The molecule has 0 aromatic rings. The van der Waals surface area contributed by atoms with E-state index >= 15 is 0 Å². The van der Waals surface area contributed by atoms with Crippen LogP contribution in [0.25, 0.3) is 0 Å². The Labute approximate surface area is 151 Å². The van der Waals surface area contributed by atoms with Gasteiger partial charge in [0.1, 0.15) is 17.0 Å². The van der Waals surface area contributed by atoms with Crippen molar-refractivity contribution in [2.24, 2.45) is 4.99 Å². The van der Waals surface area contributed by atoms with Gasteiger partial charge in [-0.15, -0.1) is 0 Å². The number of carbonyl (C=O) groups is 4. The number of aliphatic imine (C=N–C) groups is 1. The lowest BCUT2D eigenvalue weighted by atomic mass is 9.88. The number of nitrogens with zero attached hydrogens (tertiary/aromatic N) is 3. The fourth-order valence-electron chi connectivity index (χ4n) is 3.33. The van der Waals surface area contributed by atoms with Gasteiger partial charge in [-0.05, 0) is 33.6 Å². The molecule has 3 rings (SSSR count). The van der Waals surface area contributed by atoms with Gasteiger partial charge in [0.25, 0.3) is 5.91 Å². The maximum Gasteiger partial charge on any atom is 0.410 e. The van der Waals surface area contributed by atoms with Crippen LogP contribution in [0.3, 0.4) is 0 Å². The first-order valence-electron chi connectivity index (χ1n) is 8.81. The molecule has 142 valence electrons. The molecule has 1 N–H and O–H groups in total. The van der Waals surface area contributed by atoms with Crippen molar-refractivity contribution in [1.29, 1.82) is 0 Å². The number of likely N-dealkylation sites (tertiary alicyclic amines) is 2. The van der Waals surface area contributed by atoms with E-state index in [1.165, 1.54) is 0 Å². The third-order valence-electron chi connectivity index (χ3n) is 4.73. The third-order valence-corrected chi connectivity index (χ3v) is 4.73. The molecule has 26 heavy (non-hydrogen) atoms. The molecule has 0 bridgehead atoms. The summed E-state index contributed by atoms with van der Waals surface area (Å²) in [4.78, 5) is 55.3. The van der Waals surface area contributed by atoms with Crippen molar-refractivity contribution in [3.8, 4) is 0 Å². The van der Waals surface area contributed by atoms with Crippen molar-refractivity contribution in [3.63, 3.8) is 0 Å². The van der Waals surface area contributed by atoms with Gasteiger partial charge in [0, 0.05) is 25.9 Å². The summed E-state index contributed by atoms with van der Waals surface area (Å²) in [6.45, 7) is 6.14. The number of ether oxygens (including phenoxy) is 1. The summed E-state index contributed by atoms with van der Waals surface area (Å²) in [6, 6.07) is 0. The van der Waals surface area contributed by atoms with Crippen LogP contribution in [-0.2, 0) is 19.1 Å². The van der Waals surface area contributed by atoms with Crippen molar-refractivity contribution in [2.45, 2.75) is 57.6 Å². The Morgan fingerprint density at radius 3 is 2.27 bits per heavy atom. The summed E-state index contributed by atoms with van der Waals surface area (Å²) in [6.07, 6.45) is 0.766. The lowest BCUT2D eigenvalue weighted by molar-refractivity contribution is -0.137. The standard InChI is InChI=1S/C17H24N4O5/c1-16(2,3)26-15(25)20-8-6-17(7-9-20)14(24)18-11(19-17)10-21-12(22)4-5-13(21)23/h4-10H2,1-3H3,(H,18,19,24). The maximum absolute atomic E-state index is 12.5. The molecule has 4 amide bonds. The molecule has 9 heteroatoms. The van der Waals surface area contributed by atoms with E-state index in [0.29, 0.717) is 31.8 Å². The van der Waals surface area contributed by atoms with E-state index in [2.05, 4.69) is 10.3 Å². The summed E-state index contributed by atoms with van der Waals surface area (Å²) in [5, 5.41) is 2.69. The minimum atomic E-state index is -0.931. The van der Waals surface area contributed by atoms with Gasteiger partial charge in [0.05, 0.1) is 6.54 Å². The Kier molecular flexibility index (Phi) is 4.49. The molecule has 9 nitrogen and oxygen atoms in total. The van der Waals surface area contributed by atoms with E-state index < -0.39 is 17.2 Å². The van der Waals surface area contributed by atoms with Gasteiger partial charge in [0.2, 0.25) is 11.8 Å². The Morgan fingerprint density at radius 2 is 1.73 bits per heavy atom. The fourth-order valence-corrected chi connectivity index (χ4v) is 3.33. The molecule has 0 aromatic carbocycles. The van der Waals surface area contributed by atoms with Crippen LogP contribution in [0.4, 0.5) is 4.79 Å². The second-order valence-electron chi connectivity index (χ2n) is 7.89. The Bertz CT molecular complexity index is 670. The molecule has 2 saturated heterocycles. The first kappa shape index (κ1) is 18.3. The molecule has 1 spiro atoms. The number of rotatable bonds is 2. The van der Waals surface area contributed by atoms with Crippen LogP contribution in [0.15, 0.2) is 4.99 Å². The quantitative estimate of drug-likeness (QED) is 0.715. The van der Waals surface area contributed by atoms with Crippen LogP contribution in [-0.4, -0.2) is 70.2 Å². The van der Waals surface area contributed by atoms with Crippen LogP contribution in [0.1, 0.15) is 46.5 Å². The number of hydrogen-bond acceptors (Lipinski definition) is 6. The van der Waals surface area contributed by atoms with Crippen molar-refractivity contribution < 1.29 is 23.9 Å². The summed E-state index contributed by atoms with van der Waals surface area (Å²) >= 11 is 0. The van der Waals surface area contributed by atoms with E-state index in [0.717, 1.165) is 4.90 Å². The second kappa shape index (κ2) is 6.37. The highest BCUT2D eigenvalue weighted by molar-refractivity contribution is 6.12. The molecule has 0 radical (unpaired) electrons. The van der Waals surface area contributed by atoms with E-state index in [4.69, 9.17) is 4.74 Å². The van der Waals surface area contributed by atoms with Crippen molar-refractivity contribution in [3.05, 3.63) is 0 Å². The lowest BCUT2D eigenvalue weighted by Gasteiger charge is -2.36. The normalized spacial score (nSPS) is 22.7. The van der Waals surface area contributed by atoms with Gasteiger partial charge in [-0.1, -0.05) is 0 Å². The van der Waals surface area contributed by atoms with Crippen LogP contribution in [0, 0.1) is 0 Å². The van der Waals surface area contributed by atoms with E-state index in [1.54, 1.807) is 25.7 Å². The topological polar surface area (TPSA) is 108 Å². The number of hydrogen-bond donors (Lipinski definition) is 1. The second-order valence-corrected chi connectivity index (χ2v) is 7.89. The monoisotopic (exact) mass is 364 g/mol. The molecule has 3 aliphatic rings. The number of imide groups is 1. The summed E-state index contributed by atoms with van der Waals surface area (Å²) < 4.78 is 5.36. The fraction of sp³-hybridized carbons (Fsp3) is 0.706. The first-order valence-corrected chi connectivity index (χ1v) is 8.81. The molecule has 3 heterocycles. The first-order chi connectivity index (χ1) is 12.1. The van der Waals surface area contributed by atoms with Crippen LogP contribution in [0.5, 0.6) is 0 Å². The molecule has 2 fully saturated rings. The Morgan fingerprint density at radius 1 is 1.15 bits per heavy atom. The average molecular weight is 364 g/mol. The van der Waals surface area contributed by atoms with Crippen molar-refractivity contribution in [1.82, 2.24) is 15.1 Å². The molecule has 0 unspecified atom stereocenters. The van der Waals surface area contributed by atoms with Gasteiger partial charge < -0.3 is 15.0 Å². The third kappa shape index (κ3) is 3.56. The maximum atomic E-state index is 12.5. The van der Waals surface area contributed by atoms with Crippen LogP contribution >= 0.6 is 0 Å². The van der Waals surface area contributed by atoms with Crippen LogP contribution < -0.4 is 5.32 Å². The molecule has 3 aliphatic heterocycles. The van der Waals surface area contributed by atoms with Gasteiger partial charge in [-0.2, -0.15) is 0 Å². The Balaban J connectivity index is 1.63. The molecule has 0 aliphatic carbocycles. The zero-order chi connectivity index (χ0) is 19.1. The Hall–Kier alpha value is -2.45. The predicted octanol–water partition coefficient (Wildman–Crippen LogP) is 0.433. The lowest BCUT2D eigenvalue weighted by Crippen LogP contribution is -2.51. The zero-order valence-corrected chi connectivity index (χ0v) is 15.3.